The summed E-state index contributed by atoms with van der Waals surface area (Å²) >= 11 is 0. The van der Waals surface area contributed by atoms with Gasteiger partial charge in [0.25, 0.3) is 0 Å². The van der Waals surface area contributed by atoms with Crippen LogP contribution in [0.25, 0.3) is 0 Å². The van der Waals surface area contributed by atoms with Gasteiger partial charge in [-0.2, -0.15) is 0 Å². The highest BCUT2D eigenvalue weighted by molar-refractivity contribution is 5.80. The van der Waals surface area contributed by atoms with Gasteiger partial charge in [-0.25, -0.2) is 0 Å². The van der Waals surface area contributed by atoms with E-state index in [2.05, 4.69) is 36.1 Å². The molecule has 1 aromatic rings. The predicted molar refractivity (Wildman–Crippen MR) is 71.2 cm³/mol. The van der Waals surface area contributed by atoms with Crippen LogP contribution in [0.2, 0.25) is 0 Å². The molecule has 4 nitrogen and oxygen atoms in total. The molecule has 0 aromatic carbocycles. The van der Waals surface area contributed by atoms with E-state index in [4.69, 9.17) is 4.42 Å². The number of guanidine groups is 1. The van der Waals surface area contributed by atoms with Crippen molar-refractivity contribution in [2.45, 2.75) is 26.3 Å². The average Bonchev–Trinajstić information content (AvgIpc) is 2.78. The standard InChI is InChI=1S/C13H21N3O/c1-4-8-14-13(16-11(2)3)15-9-7-12-6-5-10-17-12/h4-6,10-11H,1,7-9H2,2-3H3,(H2,14,15,16). The van der Waals surface area contributed by atoms with Gasteiger partial charge in [0.15, 0.2) is 5.96 Å². The fraction of sp³-hybridized carbons (Fsp3) is 0.462. The molecular formula is C13H21N3O. The largest absolute Gasteiger partial charge is 0.469 e. The van der Waals surface area contributed by atoms with Crippen LogP contribution in [0.1, 0.15) is 19.6 Å². The number of aliphatic imine (C=N–C) groups is 1. The summed E-state index contributed by atoms with van der Waals surface area (Å²) in [4.78, 5) is 4.46. The molecular weight excluding hydrogens is 214 g/mol. The Morgan fingerprint density at radius 3 is 3.00 bits per heavy atom. The van der Waals surface area contributed by atoms with Crippen LogP contribution in [0.15, 0.2) is 40.5 Å². The van der Waals surface area contributed by atoms with Gasteiger partial charge < -0.3 is 15.1 Å². The van der Waals surface area contributed by atoms with E-state index in [1.807, 2.05) is 18.2 Å². The molecule has 0 aliphatic rings. The molecule has 0 bridgehead atoms. The zero-order chi connectivity index (χ0) is 12.5. The number of hydrogen-bond donors (Lipinski definition) is 2. The van der Waals surface area contributed by atoms with Crippen LogP contribution in [0, 0.1) is 0 Å². The summed E-state index contributed by atoms with van der Waals surface area (Å²) in [6.45, 7) is 9.24. The third-order valence-electron chi connectivity index (χ3n) is 2.05. The maximum atomic E-state index is 5.25. The Labute approximate surface area is 103 Å². The Bertz CT molecular complexity index is 342. The van der Waals surface area contributed by atoms with E-state index in [1.54, 1.807) is 6.26 Å². The predicted octanol–water partition coefficient (Wildman–Crippen LogP) is 1.95. The van der Waals surface area contributed by atoms with Gasteiger partial charge in [0.05, 0.1) is 6.26 Å². The molecule has 0 unspecified atom stereocenters. The fourth-order valence-corrected chi connectivity index (χ4v) is 1.33. The lowest BCUT2D eigenvalue weighted by Crippen LogP contribution is -2.41. The number of rotatable bonds is 6. The molecule has 0 aliphatic heterocycles. The first kappa shape index (κ1) is 13.4. The minimum atomic E-state index is 0.356. The van der Waals surface area contributed by atoms with Crippen LogP contribution >= 0.6 is 0 Å². The minimum Gasteiger partial charge on any atom is -0.469 e. The van der Waals surface area contributed by atoms with Crippen molar-refractivity contribution in [2.75, 3.05) is 13.1 Å². The lowest BCUT2D eigenvalue weighted by atomic mass is 10.3. The maximum Gasteiger partial charge on any atom is 0.191 e. The van der Waals surface area contributed by atoms with Gasteiger partial charge in [0.1, 0.15) is 5.76 Å². The first-order valence-corrected chi connectivity index (χ1v) is 5.90. The highest BCUT2D eigenvalue weighted by Crippen LogP contribution is 2.00. The van der Waals surface area contributed by atoms with Gasteiger partial charge in [-0.1, -0.05) is 6.08 Å². The van der Waals surface area contributed by atoms with E-state index < -0.39 is 0 Å². The highest BCUT2D eigenvalue weighted by Gasteiger charge is 2.00. The van der Waals surface area contributed by atoms with Gasteiger partial charge in [-0.05, 0) is 26.0 Å². The molecule has 0 amide bonds. The van der Waals surface area contributed by atoms with Crippen LogP contribution in [0.5, 0.6) is 0 Å². The molecule has 0 saturated heterocycles. The van der Waals surface area contributed by atoms with Crippen molar-refractivity contribution in [3.8, 4) is 0 Å². The molecule has 0 saturated carbocycles. The zero-order valence-electron chi connectivity index (χ0n) is 10.6. The quantitative estimate of drug-likeness (QED) is 0.450. The SMILES string of the molecule is C=CCNC(=NCCc1ccco1)NC(C)C. The molecule has 94 valence electrons. The Hall–Kier alpha value is -1.71. The topological polar surface area (TPSA) is 49.6 Å². The summed E-state index contributed by atoms with van der Waals surface area (Å²) in [5, 5.41) is 6.43. The molecule has 0 radical (unpaired) electrons. The third kappa shape index (κ3) is 5.80. The smallest absolute Gasteiger partial charge is 0.191 e. The summed E-state index contributed by atoms with van der Waals surface area (Å²) in [5.74, 6) is 1.77. The summed E-state index contributed by atoms with van der Waals surface area (Å²) in [7, 11) is 0. The molecule has 1 aromatic heterocycles. The van der Waals surface area contributed by atoms with Crippen molar-refractivity contribution in [1.82, 2.24) is 10.6 Å². The molecule has 0 fully saturated rings. The van der Waals surface area contributed by atoms with Crippen LogP contribution < -0.4 is 10.6 Å². The monoisotopic (exact) mass is 235 g/mol. The van der Waals surface area contributed by atoms with Gasteiger partial charge in [0.2, 0.25) is 0 Å². The summed E-state index contributed by atoms with van der Waals surface area (Å²) < 4.78 is 5.25. The maximum absolute atomic E-state index is 5.25. The summed E-state index contributed by atoms with van der Waals surface area (Å²) in [5.41, 5.74) is 0. The second-order valence-electron chi connectivity index (χ2n) is 4.03. The van der Waals surface area contributed by atoms with Gasteiger partial charge >= 0.3 is 0 Å². The van der Waals surface area contributed by atoms with Crippen LogP contribution in [-0.4, -0.2) is 25.1 Å². The van der Waals surface area contributed by atoms with E-state index in [9.17, 15) is 0 Å². The van der Waals surface area contributed by atoms with Crippen molar-refractivity contribution >= 4 is 5.96 Å². The first-order valence-electron chi connectivity index (χ1n) is 5.90. The average molecular weight is 235 g/mol. The highest BCUT2D eigenvalue weighted by atomic mass is 16.3. The number of nitrogens with one attached hydrogen (secondary N) is 2. The van der Waals surface area contributed by atoms with Gasteiger partial charge in [0, 0.05) is 25.6 Å². The van der Waals surface area contributed by atoms with Gasteiger partial charge in [-0.15, -0.1) is 6.58 Å². The van der Waals surface area contributed by atoms with E-state index in [1.165, 1.54) is 0 Å². The second kappa shape index (κ2) is 7.54. The van der Waals surface area contributed by atoms with Crippen molar-refractivity contribution in [3.05, 3.63) is 36.8 Å². The van der Waals surface area contributed by atoms with Crippen LogP contribution in [0.3, 0.4) is 0 Å². The van der Waals surface area contributed by atoms with Crippen molar-refractivity contribution in [2.24, 2.45) is 4.99 Å². The van der Waals surface area contributed by atoms with E-state index in [0.29, 0.717) is 19.1 Å². The number of hydrogen-bond acceptors (Lipinski definition) is 2. The Morgan fingerprint density at radius 2 is 2.41 bits per heavy atom. The fourth-order valence-electron chi connectivity index (χ4n) is 1.33. The molecule has 2 N–H and O–H groups in total. The third-order valence-corrected chi connectivity index (χ3v) is 2.05. The Morgan fingerprint density at radius 1 is 1.59 bits per heavy atom. The van der Waals surface area contributed by atoms with Gasteiger partial charge in [-0.3, -0.25) is 4.99 Å². The summed E-state index contributed by atoms with van der Waals surface area (Å²) in [6.07, 6.45) is 4.30. The number of furan rings is 1. The van der Waals surface area contributed by atoms with E-state index >= 15 is 0 Å². The second-order valence-corrected chi connectivity index (χ2v) is 4.03. The first-order chi connectivity index (χ1) is 8.22. The number of nitrogens with zero attached hydrogens (tertiary/aromatic N) is 1. The molecule has 0 atom stereocenters. The molecule has 1 rings (SSSR count). The van der Waals surface area contributed by atoms with E-state index in [-0.39, 0.29) is 0 Å². The minimum absolute atomic E-state index is 0.356. The van der Waals surface area contributed by atoms with Crippen LogP contribution in [-0.2, 0) is 6.42 Å². The lowest BCUT2D eigenvalue weighted by Gasteiger charge is -2.13. The lowest BCUT2D eigenvalue weighted by molar-refractivity contribution is 0.510. The van der Waals surface area contributed by atoms with E-state index in [0.717, 1.165) is 18.1 Å². The van der Waals surface area contributed by atoms with Crippen molar-refractivity contribution in [1.29, 1.82) is 0 Å². The normalized spacial score (nSPS) is 11.6. The van der Waals surface area contributed by atoms with Crippen molar-refractivity contribution in [3.63, 3.8) is 0 Å². The Balaban J connectivity index is 2.41. The van der Waals surface area contributed by atoms with Crippen molar-refractivity contribution < 1.29 is 4.42 Å². The molecule has 0 aliphatic carbocycles. The summed E-state index contributed by atoms with van der Waals surface area (Å²) in [6, 6.07) is 4.21. The molecule has 17 heavy (non-hydrogen) atoms. The van der Waals surface area contributed by atoms with Crippen LogP contribution in [0.4, 0.5) is 0 Å². The zero-order valence-corrected chi connectivity index (χ0v) is 10.6. The molecule has 4 heteroatoms. The Kier molecular flexibility index (Phi) is 5.93. The molecule has 1 heterocycles. The molecule has 0 spiro atoms.